The number of hydrogen-bond acceptors (Lipinski definition) is 3. The first kappa shape index (κ1) is 14.8. The Morgan fingerprint density at radius 2 is 2.22 bits per heavy atom. The van der Waals surface area contributed by atoms with Crippen molar-refractivity contribution in [3.63, 3.8) is 0 Å². The minimum atomic E-state index is -0.325. The largest absolute Gasteiger partial charge is 0.476 e. The molecule has 1 N–H and O–H groups in total. The van der Waals surface area contributed by atoms with E-state index in [-0.39, 0.29) is 17.9 Å². The van der Waals surface area contributed by atoms with Gasteiger partial charge < -0.3 is 10.1 Å². The van der Waals surface area contributed by atoms with Gasteiger partial charge in [0.2, 0.25) is 11.8 Å². The Kier molecular flexibility index (Phi) is 3.66. The third-order valence-electron chi connectivity index (χ3n) is 4.43. The molecule has 1 aromatic carbocycles. The van der Waals surface area contributed by atoms with Crippen molar-refractivity contribution in [1.29, 1.82) is 0 Å². The van der Waals surface area contributed by atoms with E-state index in [1.54, 1.807) is 12.3 Å². The predicted molar refractivity (Wildman–Crippen MR) is 88.1 cm³/mol. The van der Waals surface area contributed by atoms with Crippen LogP contribution in [0.5, 0.6) is 5.88 Å². The van der Waals surface area contributed by atoms with Crippen molar-refractivity contribution in [3.8, 4) is 5.88 Å². The number of carbonyl (C=O) groups excluding carboxylic acids is 1. The molecule has 4 rings (SSSR count). The lowest BCUT2D eigenvalue weighted by atomic mass is 10.0. The zero-order valence-corrected chi connectivity index (χ0v) is 13.7. The van der Waals surface area contributed by atoms with E-state index in [0.29, 0.717) is 22.5 Å². The Bertz CT molecular complexity index is 794. The molecule has 2 atom stereocenters. The van der Waals surface area contributed by atoms with Crippen LogP contribution in [0.2, 0.25) is 10.0 Å². The highest BCUT2D eigenvalue weighted by Crippen LogP contribution is 2.39. The summed E-state index contributed by atoms with van der Waals surface area (Å²) >= 11 is 12.4. The van der Waals surface area contributed by atoms with Crippen molar-refractivity contribution in [3.05, 3.63) is 57.2 Å². The molecule has 2 aromatic rings. The summed E-state index contributed by atoms with van der Waals surface area (Å²) in [6, 6.07) is 7.27. The van der Waals surface area contributed by atoms with E-state index in [1.807, 2.05) is 18.2 Å². The molecule has 6 heteroatoms. The molecule has 118 valence electrons. The molecule has 0 bridgehead atoms. The number of pyridine rings is 1. The smallest absolute Gasteiger partial charge is 0.231 e. The van der Waals surface area contributed by atoms with Crippen molar-refractivity contribution >= 4 is 29.1 Å². The van der Waals surface area contributed by atoms with Crippen LogP contribution >= 0.6 is 23.2 Å². The lowest BCUT2D eigenvalue weighted by Gasteiger charge is -2.18. The summed E-state index contributed by atoms with van der Waals surface area (Å²) in [5, 5.41) is 4.34. The van der Waals surface area contributed by atoms with Gasteiger partial charge in [0.25, 0.3) is 0 Å². The maximum absolute atomic E-state index is 12.7. The monoisotopic (exact) mass is 348 g/mol. The van der Waals surface area contributed by atoms with Gasteiger partial charge in [0.1, 0.15) is 12.5 Å². The van der Waals surface area contributed by atoms with E-state index in [4.69, 9.17) is 27.9 Å². The van der Waals surface area contributed by atoms with Crippen LogP contribution in [0.15, 0.2) is 30.5 Å². The van der Waals surface area contributed by atoms with E-state index in [9.17, 15) is 4.79 Å². The summed E-state index contributed by atoms with van der Waals surface area (Å²) in [7, 11) is 0. The number of fused-ring (bicyclic) bond motifs is 2. The lowest BCUT2D eigenvalue weighted by molar-refractivity contribution is -0.123. The van der Waals surface area contributed by atoms with Gasteiger partial charge in [-0.05, 0) is 42.2 Å². The van der Waals surface area contributed by atoms with Gasteiger partial charge in [-0.25, -0.2) is 4.98 Å². The average Bonchev–Trinajstić information content (AvgIpc) is 3.11. The van der Waals surface area contributed by atoms with E-state index >= 15 is 0 Å². The van der Waals surface area contributed by atoms with Crippen molar-refractivity contribution in [2.75, 3.05) is 6.61 Å². The van der Waals surface area contributed by atoms with E-state index in [0.717, 1.165) is 29.5 Å². The number of benzene rings is 1. The van der Waals surface area contributed by atoms with Gasteiger partial charge in [0.15, 0.2) is 0 Å². The molecule has 1 aromatic heterocycles. The standard InChI is InChI=1S/C17H14Cl2N2O2/c18-10-6-9-3-4-14(15(9)13(19)7-10)21-16(22)12-8-23-17-11(12)2-1-5-20-17/h1-2,5-7,12,14H,3-4,8H2,(H,21,22)/t12-,14-/m1/s1. The Hall–Kier alpha value is -1.78. The first-order valence-electron chi connectivity index (χ1n) is 7.49. The van der Waals surface area contributed by atoms with Crippen molar-refractivity contribution < 1.29 is 9.53 Å². The highest BCUT2D eigenvalue weighted by molar-refractivity contribution is 6.35. The number of rotatable bonds is 2. The van der Waals surface area contributed by atoms with Crippen molar-refractivity contribution in [2.45, 2.75) is 24.8 Å². The number of hydrogen-bond donors (Lipinski definition) is 1. The summed E-state index contributed by atoms with van der Waals surface area (Å²) in [5.41, 5.74) is 2.93. The predicted octanol–water partition coefficient (Wildman–Crippen LogP) is 3.67. The van der Waals surface area contributed by atoms with Gasteiger partial charge in [-0.1, -0.05) is 29.3 Å². The van der Waals surface area contributed by atoms with Gasteiger partial charge in [0, 0.05) is 21.8 Å². The topological polar surface area (TPSA) is 51.2 Å². The second-order valence-corrected chi connectivity index (χ2v) is 6.67. The molecule has 2 heterocycles. The SMILES string of the molecule is O=C(N[C@@H]1CCc2cc(Cl)cc(Cl)c21)[C@@H]1COc2ncccc21. The first-order chi connectivity index (χ1) is 11.1. The Morgan fingerprint density at radius 3 is 3.09 bits per heavy atom. The summed E-state index contributed by atoms with van der Waals surface area (Å²) in [4.78, 5) is 16.8. The summed E-state index contributed by atoms with van der Waals surface area (Å²) < 4.78 is 5.49. The van der Waals surface area contributed by atoms with Crippen LogP contribution in [0.25, 0.3) is 0 Å². The fourth-order valence-corrected chi connectivity index (χ4v) is 4.02. The average molecular weight is 349 g/mol. The minimum absolute atomic E-state index is 0.0550. The fraction of sp³-hybridized carbons (Fsp3) is 0.294. The first-order valence-corrected chi connectivity index (χ1v) is 8.25. The lowest BCUT2D eigenvalue weighted by Crippen LogP contribution is -2.32. The Morgan fingerprint density at radius 1 is 1.35 bits per heavy atom. The zero-order valence-electron chi connectivity index (χ0n) is 12.2. The van der Waals surface area contributed by atoms with Gasteiger partial charge >= 0.3 is 0 Å². The maximum Gasteiger partial charge on any atom is 0.231 e. The normalized spacial score (nSPS) is 21.5. The van der Waals surface area contributed by atoms with Gasteiger partial charge in [0.05, 0.1) is 6.04 Å². The van der Waals surface area contributed by atoms with Crippen LogP contribution in [-0.2, 0) is 11.2 Å². The van der Waals surface area contributed by atoms with Gasteiger partial charge in [-0.3, -0.25) is 4.79 Å². The minimum Gasteiger partial charge on any atom is -0.476 e. The van der Waals surface area contributed by atoms with Crippen LogP contribution in [0.4, 0.5) is 0 Å². The molecule has 0 saturated heterocycles. The Balaban J connectivity index is 1.56. The van der Waals surface area contributed by atoms with Crippen molar-refractivity contribution in [1.82, 2.24) is 10.3 Å². The van der Waals surface area contributed by atoms with Crippen LogP contribution < -0.4 is 10.1 Å². The summed E-state index contributed by atoms with van der Waals surface area (Å²) in [6.45, 7) is 0.326. The molecule has 1 aliphatic carbocycles. The number of nitrogens with one attached hydrogen (secondary N) is 1. The van der Waals surface area contributed by atoms with E-state index in [1.165, 1.54) is 0 Å². The van der Waals surface area contributed by atoms with E-state index in [2.05, 4.69) is 10.3 Å². The van der Waals surface area contributed by atoms with Crippen LogP contribution in [0, 0.1) is 0 Å². The van der Waals surface area contributed by atoms with Crippen LogP contribution in [0.1, 0.15) is 35.1 Å². The summed E-state index contributed by atoms with van der Waals surface area (Å²) in [5.74, 6) is 0.165. The zero-order chi connectivity index (χ0) is 16.0. The third kappa shape index (κ3) is 2.56. The van der Waals surface area contributed by atoms with Crippen molar-refractivity contribution in [2.24, 2.45) is 0 Å². The highest BCUT2D eigenvalue weighted by atomic mass is 35.5. The van der Waals surface area contributed by atoms with Gasteiger partial charge in [-0.2, -0.15) is 0 Å². The molecule has 0 unspecified atom stereocenters. The van der Waals surface area contributed by atoms with E-state index < -0.39 is 0 Å². The highest BCUT2D eigenvalue weighted by Gasteiger charge is 2.34. The maximum atomic E-state index is 12.7. The molecule has 0 saturated carbocycles. The molecule has 1 amide bonds. The molecule has 0 spiro atoms. The number of aromatic nitrogens is 1. The molecular formula is C17H14Cl2N2O2. The second-order valence-electron chi connectivity index (χ2n) is 5.82. The molecule has 23 heavy (non-hydrogen) atoms. The fourth-order valence-electron chi connectivity index (χ4n) is 3.35. The molecule has 2 aliphatic rings. The summed E-state index contributed by atoms with van der Waals surface area (Å²) in [6.07, 6.45) is 3.35. The quantitative estimate of drug-likeness (QED) is 0.900. The third-order valence-corrected chi connectivity index (χ3v) is 4.96. The molecular weight excluding hydrogens is 335 g/mol. The number of nitrogens with zero attached hydrogens (tertiary/aromatic N) is 1. The van der Waals surface area contributed by atoms with Crippen LogP contribution in [0.3, 0.4) is 0 Å². The number of ether oxygens (including phenoxy) is 1. The molecule has 0 fully saturated rings. The molecule has 1 aliphatic heterocycles. The van der Waals surface area contributed by atoms with Gasteiger partial charge in [-0.15, -0.1) is 0 Å². The van der Waals surface area contributed by atoms with Crippen LogP contribution in [-0.4, -0.2) is 17.5 Å². The second kappa shape index (κ2) is 5.69. The number of carbonyl (C=O) groups is 1. The number of aryl methyl sites for hydroxylation is 1. The Labute approximate surface area is 143 Å². The molecule has 0 radical (unpaired) electrons. The number of halogens is 2. The number of amides is 1. The molecule has 4 nitrogen and oxygen atoms in total.